The highest BCUT2D eigenvalue weighted by molar-refractivity contribution is 7.89. The van der Waals surface area contributed by atoms with Crippen molar-refractivity contribution in [3.05, 3.63) is 40.2 Å². The molecule has 1 amide bonds. The van der Waals surface area contributed by atoms with Crippen LogP contribution in [0.15, 0.2) is 34.1 Å². The first-order chi connectivity index (χ1) is 17.4. The van der Waals surface area contributed by atoms with Crippen LogP contribution in [0.5, 0.6) is 0 Å². The van der Waals surface area contributed by atoms with Crippen LogP contribution in [-0.2, 0) is 17.1 Å². The predicted molar refractivity (Wildman–Crippen MR) is 149 cm³/mol. The van der Waals surface area contributed by atoms with Gasteiger partial charge in [-0.1, -0.05) is 47.0 Å². The van der Waals surface area contributed by atoms with Crippen molar-refractivity contribution in [3.8, 4) is 0 Å². The third kappa shape index (κ3) is 7.21. The van der Waals surface area contributed by atoms with Gasteiger partial charge in [0, 0.05) is 57.9 Å². The quantitative estimate of drug-likeness (QED) is 0.475. The molecule has 0 saturated heterocycles. The maximum atomic E-state index is 13.4. The summed E-state index contributed by atoms with van der Waals surface area (Å²) < 4.78 is 29.9. The normalized spacial score (nSPS) is 15.4. The molecule has 1 heterocycles. The molecule has 1 saturated carbocycles. The van der Waals surface area contributed by atoms with Crippen molar-refractivity contribution in [3.63, 3.8) is 0 Å². The number of aryl methyl sites for hydroxylation is 1. The molecule has 9 heteroatoms. The smallest absolute Gasteiger partial charge is 0.256 e. The average molecular weight is 533 g/mol. The number of amides is 1. The summed E-state index contributed by atoms with van der Waals surface area (Å²) in [6, 6.07) is 4.60. The highest BCUT2D eigenvalue weighted by atomic mass is 32.2. The number of carbonyl (C=O) groups excluding carboxylic acids is 1. The minimum atomic E-state index is -3.76. The van der Waals surface area contributed by atoms with Crippen molar-refractivity contribution in [2.75, 3.05) is 33.2 Å². The molecular formula is C28H44N4O4S. The SMILES string of the molecule is CC(C)CN(CCNC(=O)c1cn(C)c2ccc(S(=O)(=O)N(C)C3CCCCC3)cc2c1=O)CC(C)C. The van der Waals surface area contributed by atoms with Gasteiger partial charge < -0.3 is 14.8 Å². The number of pyridine rings is 1. The zero-order chi connectivity index (χ0) is 27.3. The Morgan fingerprint density at radius 3 is 2.30 bits per heavy atom. The van der Waals surface area contributed by atoms with Crippen LogP contribution < -0.4 is 10.7 Å². The molecule has 0 spiro atoms. The van der Waals surface area contributed by atoms with Gasteiger partial charge in [-0.05, 0) is 42.9 Å². The summed E-state index contributed by atoms with van der Waals surface area (Å²) in [5, 5.41) is 3.13. The van der Waals surface area contributed by atoms with Crippen molar-refractivity contribution < 1.29 is 13.2 Å². The Balaban J connectivity index is 1.83. The summed E-state index contributed by atoms with van der Waals surface area (Å²) in [4.78, 5) is 28.8. The first kappa shape index (κ1) is 29.3. The van der Waals surface area contributed by atoms with Crippen molar-refractivity contribution in [2.45, 2.75) is 70.7 Å². The molecule has 1 aliphatic rings. The fraction of sp³-hybridized carbons (Fsp3) is 0.643. The lowest BCUT2D eigenvalue weighted by molar-refractivity contribution is 0.0944. The van der Waals surface area contributed by atoms with Gasteiger partial charge in [0.05, 0.1) is 10.4 Å². The predicted octanol–water partition coefficient (Wildman–Crippen LogP) is 3.84. The summed E-state index contributed by atoms with van der Waals surface area (Å²) in [6.07, 6.45) is 6.40. The number of rotatable bonds is 11. The standard InChI is InChI=1S/C28H44N4O4S/c1-20(2)17-32(18-21(3)4)15-14-29-28(34)25-19-30(5)26-13-12-23(16-24(26)27(25)33)37(35,36)31(6)22-10-8-7-9-11-22/h12-13,16,19-22H,7-11,14-15,17-18H2,1-6H3,(H,29,34). The van der Waals surface area contributed by atoms with Crippen LogP contribution in [0.25, 0.3) is 10.9 Å². The van der Waals surface area contributed by atoms with Crippen LogP contribution in [0.3, 0.4) is 0 Å². The molecule has 1 aromatic carbocycles. The monoisotopic (exact) mass is 532 g/mol. The molecule has 2 aromatic rings. The Labute approximate surface area is 222 Å². The Morgan fingerprint density at radius 2 is 1.70 bits per heavy atom. The van der Waals surface area contributed by atoms with Crippen LogP contribution in [0.1, 0.15) is 70.2 Å². The highest BCUT2D eigenvalue weighted by Gasteiger charge is 2.29. The Hall–Kier alpha value is -2.23. The second-order valence-corrected chi connectivity index (χ2v) is 13.3. The molecule has 8 nitrogen and oxygen atoms in total. The molecule has 37 heavy (non-hydrogen) atoms. The van der Waals surface area contributed by atoms with E-state index in [1.165, 1.54) is 16.6 Å². The molecule has 1 aromatic heterocycles. The van der Waals surface area contributed by atoms with Crippen LogP contribution in [-0.4, -0.2) is 67.4 Å². The fourth-order valence-electron chi connectivity index (χ4n) is 5.31. The zero-order valence-corrected chi connectivity index (χ0v) is 24.1. The number of nitrogens with zero attached hydrogens (tertiary/aromatic N) is 3. The second-order valence-electron chi connectivity index (χ2n) is 11.3. The number of sulfonamides is 1. The molecule has 206 valence electrons. The van der Waals surface area contributed by atoms with E-state index in [1.54, 1.807) is 30.8 Å². The molecule has 1 aliphatic carbocycles. The lowest BCUT2D eigenvalue weighted by atomic mass is 9.96. The van der Waals surface area contributed by atoms with Crippen LogP contribution >= 0.6 is 0 Å². The molecular weight excluding hydrogens is 488 g/mol. The Kier molecular flexibility index (Phi) is 9.94. The topological polar surface area (TPSA) is 91.7 Å². The summed E-state index contributed by atoms with van der Waals surface area (Å²) in [6.45, 7) is 11.7. The molecule has 1 N–H and O–H groups in total. The first-order valence-electron chi connectivity index (χ1n) is 13.5. The van der Waals surface area contributed by atoms with Gasteiger partial charge >= 0.3 is 0 Å². The molecule has 0 aliphatic heterocycles. The van der Waals surface area contributed by atoms with E-state index in [9.17, 15) is 18.0 Å². The molecule has 0 radical (unpaired) electrons. The van der Waals surface area contributed by atoms with Crippen molar-refractivity contribution in [1.82, 2.24) is 19.1 Å². The van der Waals surface area contributed by atoms with Gasteiger partial charge in [0.2, 0.25) is 15.5 Å². The number of carbonyl (C=O) groups is 1. The number of nitrogens with one attached hydrogen (secondary N) is 1. The number of hydrogen-bond acceptors (Lipinski definition) is 5. The molecule has 0 bridgehead atoms. The maximum Gasteiger partial charge on any atom is 0.256 e. The van der Waals surface area contributed by atoms with Gasteiger partial charge in [-0.25, -0.2) is 8.42 Å². The third-order valence-corrected chi connectivity index (χ3v) is 9.04. The van der Waals surface area contributed by atoms with Gasteiger partial charge in [0.25, 0.3) is 5.91 Å². The summed E-state index contributed by atoms with van der Waals surface area (Å²) >= 11 is 0. The van der Waals surface area contributed by atoms with Crippen molar-refractivity contribution >= 4 is 26.8 Å². The highest BCUT2D eigenvalue weighted by Crippen LogP contribution is 2.27. The fourth-order valence-corrected chi connectivity index (χ4v) is 6.76. The van der Waals surface area contributed by atoms with Crippen LogP contribution in [0, 0.1) is 11.8 Å². The lowest BCUT2D eigenvalue weighted by Crippen LogP contribution is -2.39. The van der Waals surface area contributed by atoms with E-state index in [2.05, 4.69) is 37.9 Å². The minimum Gasteiger partial charge on any atom is -0.351 e. The summed E-state index contributed by atoms with van der Waals surface area (Å²) in [5.74, 6) is 0.596. The van der Waals surface area contributed by atoms with Gasteiger partial charge in [0.15, 0.2) is 0 Å². The van der Waals surface area contributed by atoms with Gasteiger partial charge in [0.1, 0.15) is 5.56 Å². The van der Waals surface area contributed by atoms with E-state index in [0.717, 1.165) is 45.2 Å². The van der Waals surface area contributed by atoms with E-state index in [0.29, 0.717) is 30.4 Å². The molecule has 1 fully saturated rings. The number of aromatic nitrogens is 1. The van der Waals surface area contributed by atoms with E-state index in [1.807, 2.05) is 0 Å². The molecule has 0 atom stereocenters. The second kappa shape index (κ2) is 12.5. The maximum absolute atomic E-state index is 13.4. The van der Waals surface area contributed by atoms with Crippen molar-refractivity contribution in [1.29, 1.82) is 0 Å². The van der Waals surface area contributed by atoms with E-state index in [4.69, 9.17) is 0 Å². The van der Waals surface area contributed by atoms with Gasteiger partial charge in [-0.2, -0.15) is 4.31 Å². The Morgan fingerprint density at radius 1 is 1.08 bits per heavy atom. The largest absolute Gasteiger partial charge is 0.351 e. The minimum absolute atomic E-state index is 0.0180. The van der Waals surface area contributed by atoms with E-state index in [-0.39, 0.29) is 21.9 Å². The van der Waals surface area contributed by atoms with E-state index >= 15 is 0 Å². The number of fused-ring (bicyclic) bond motifs is 1. The lowest BCUT2D eigenvalue weighted by Gasteiger charge is -2.30. The summed E-state index contributed by atoms with van der Waals surface area (Å²) in [7, 11) is -0.375. The third-order valence-electron chi connectivity index (χ3n) is 7.13. The summed E-state index contributed by atoms with van der Waals surface area (Å²) in [5.41, 5.74) is 0.148. The number of benzene rings is 1. The van der Waals surface area contributed by atoms with Gasteiger partial charge in [-0.15, -0.1) is 0 Å². The van der Waals surface area contributed by atoms with Crippen LogP contribution in [0.2, 0.25) is 0 Å². The molecule has 3 rings (SSSR count). The number of hydrogen-bond donors (Lipinski definition) is 1. The van der Waals surface area contributed by atoms with Gasteiger partial charge in [-0.3, -0.25) is 9.59 Å². The van der Waals surface area contributed by atoms with E-state index < -0.39 is 21.4 Å². The first-order valence-corrected chi connectivity index (χ1v) is 15.0. The molecule has 0 unspecified atom stereocenters. The van der Waals surface area contributed by atoms with Crippen LogP contribution in [0.4, 0.5) is 0 Å². The van der Waals surface area contributed by atoms with Crippen molar-refractivity contribution in [2.24, 2.45) is 18.9 Å². The Bertz CT molecular complexity index is 1240. The zero-order valence-electron chi connectivity index (χ0n) is 23.3. The average Bonchev–Trinajstić information content (AvgIpc) is 2.85.